The summed E-state index contributed by atoms with van der Waals surface area (Å²) in [6.45, 7) is 17.3. The molecule has 1 aliphatic heterocycles. The lowest BCUT2D eigenvalue weighted by molar-refractivity contribution is -0.124. The monoisotopic (exact) mass is 358 g/mol. The van der Waals surface area contributed by atoms with Crippen LogP contribution in [0, 0.1) is 5.92 Å². The van der Waals surface area contributed by atoms with Crippen molar-refractivity contribution in [3.05, 3.63) is 0 Å². The lowest BCUT2D eigenvalue weighted by Crippen LogP contribution is -2.56. The van der Waals surface area contributed by atoms with Crippen LogP contribution in [0.3, 0.4) is 0 Å². The lowest BCUT2D eigenvalue weighted by atomic mass is 9.93. The second kappa shape index (κ2) is 7.43. The highest BCUT2D eigenvalue weighted by Crippen LogP contribution is 2.37. The summed E-state index contributed by atoms with van der Waals surface area (Å²) in [5, 5.41) is 5.79. The summed E-state index contributed by atoms with van der Waals surface area (Å²) in [5.74, 6) is -0.0403. The van der Waals surface area contributed by atoms with Crippen LogP contribution in [0.1, 0.15) is 48.0 Å². The van der Waals surface area contributed by atoms with Crippen LogP contribution >= 0.6 is 0 Å². The highest BCUT2D eigenvalue weighted by atomic mass is 28.4. The summed E-state index contributed by atoms with van der Waals surface area (Å²) in [5.41, 5.74) is -0.546. The molecule has 0 aromatic rings. The molecule has 7 heteroatoms. The summed E-state index contributed by atoms with van der Waals surface area (Å²) in [6, 6.07) is -0.178. The number of ether oxygens (including phenoxy) is 1. The quantitative estimate of drug-likeness (QED) is 0.757. The topological polar surface area (TPSA) is 76.7 Å². The first kappa shape index (κ1) is 21.0. The zero-order valence-corrected chi connectivity index (χ0v) is 17.4. The Hall–Kier alpha value is -1.08. The van der Waals surface area contributed by atoms with Gasteiger partial charge in [0.15, 0.2) is 8.32 Å². The molecule has 1 rings (SSSR count). The van der Waals surface area contributed by atoms with Crippen LogP contribution in [-0.2, 0) is 14.0 Å². The van der Waals surface area contributed by atoms with Gasteiger partial charge in [-0.2, -0.15) is 0 Å². The Morgan fingerprint density at radius 2 is 1.83 bits per heavy atom. The van der Waals surface area contributed by atoms with Gasteiger partial charge in [0.05, 0.1) is 6.04 Å². The van der Waals surface area contributed by atoms with E-state index in [1.807, 2.05) is 20.8 Å². The van der Waals surface area contributed by atoms with Crippen LogP contribution in [0.5, 0.6) is 0 Å². The molecule has 140 valence electrons. The van der Waals surface area contributed by atoms with Gasteiger partial charge in [-0.05, 0) is 38.9 Å². The van der Waals surface area contributed by atoms with Crippen molar-refractivity contribution in [3.8, 4) is 0 Å². The minimum atomic E-state index is -1.89. The number of alkyl carbamates (subject to hydrolysis) is 1. The van der Waals surface area contributed by atoms with Gasteiger partial charge < -0.3 is 19.8 Å². The van der Waals surface area contributed by atoms with Crippen molar-refractivity contribution in [3.63, 3.8) is 0 Å². The molecule has 1 saturated heterocycles. The molecule has 2 N–H and O–H groups in total. The Labute approximate surface area is 147 Å². The van der Waals surface area contributed by atoms with Crippen LogP contribution in [0.25, 0.3) is 0 Å². The summed E-state index contributed by atoms with van der Waals surface area (Å²) in [4.78, 5) is 23.8. The molecule has 1 aliphatic rings. The number of rotatable bonds is 4. The van der Waals surface area contributed by atoms with Crippen molar-refractivity contribution in [1.82, 2.24) is 10.6 Å². The van der Waals surface area contributed by atoms with E-state index < -0.39 is 20.0 Å². The Balaban J connectivity index is 2.70. The van der Waals surface area contributed by atoms with Gasteiger partial charge in [-0.3, -0.25) is 4.79 Å². The van der Waals surface area contributed by atoms with Gasteiger partial charge in [0.1, 0.15) is 5.60 Å². The number of carbonyl (C=O) groups excluding carboxylic acids is 2. The van der Waals surface area contributed by atoms with E-state index in [-0.39, 0.29) is 22.9 Å². The first-order valence-corrected chi connectivity index (χ1v) is 11.5. The molecule has 0 aromatic heterocycles. The van der Waals surface area contributed by atoms with Crippen LogP contribution < -0.4 is 10.6 Å². The average Bonchev–Trinajstić information content (AvgIpc) is 2.35. The van der Waals surface area contributed by atoms with Gasteiger partial charge in [-0.15, -0.1) is 0 Å². The summed E-state index contributed by atoms with van der Waals surface area (Å²) >= 11 is 0. The summed E-state index contributed by atoms with van der Waals surface area (Å²) < 4.78 is 11.6. The third-order valence-electron chi connectivity index (χ3n) is 4.70. The second-order valence-electron chi connectivity index (χ2n) is 9.09. The minimum Gasteiger partial charge on any atom is -0.444 e. The van der Waals surface area contributed by atoms with Gasteiger partial charge in [0, 0.05) is 25.5 Å². The molecule has 0 radical (unpaired) electrons. The standard InChI is InChI=1S/C17H34N2O4Si/c1-16(2,3)23-15(21)19-13-10-18-14(20)9-12(13)11-22-24(7,8)17(4,5)6/h12-13H,9-11H2,1-8H3,(H,18,20)(H,19,21)/t12?,13-/m1/s1. The van der Waals surface area contributed by atoms with Crippen LogP contribution in [0.15, 0.2) is 0 Å². The number of amides is 2. The van der Waals surface area contributed by atoms with E-state index in [9.17, 15) is 9.59 Å². The van der Waals surface area contributed by atoms with Crippen molar-refractivity contribution in [1.29, 1.82) is 0 Å². The van der Waals surface area contributed by atoms with E-state index in [1.54, 1.807) is 0 Å². The van der Waals surface area contributed by atoms with Gasteiger partial charge in [0.2, 0.25) is 5.91 Å². The van der Waals surface area contributed by atoms with Crippen molar-refractivity contribution in [2.75, 3.05) is 13.2 Å². The number of hydrogen-bond acceptors (Lipinski definition) is 4. The second-order valence-corrected chi connectivity index (χ2v) is 13.9. The maximum absolute atomic E-state index is 12.0. The predicted molar refractivity (Wildman–Crippen MR) is 97.4 cm³/mol. The zero-order chi connectivity index (χ0) is 18.8. The maximum atomic E-state index is 12.0. The van der Waals surface area contributed by atoms with E-state index in [4.69, 9.17) is 9.16 Å². The molecule has 0 saturated carbocycles. The molecule has 1 fully saturated rings. The Kier molecular flexibility index (Phi) is 6.49. The van der Waals surface area contributed by atoms with E-state index in [0.29, 0.717) is 19.6 Å². The number of carbonyl (C=O) groups is 2. The van der Waals surface area contributed by atoms with Gasteiger partial charge in [-0.1, -0.05) is 20.8 Å². The minimum absolute atomic E-state index is 0.000991. The molecule has 6 nitrogen and oxygen atoms in total. The summed E-state index contributed by atoms with van der Waals surface area (Å²) in [6.07, 6.45) is -0.101. The van der Waals surface area contributed by atoms with Gasteiger partial charge >= 0.3 is 6.09 Å². The molecule has 2 amide bonds. The van der Waals surface area contributed by atoms with E-state index >= 15 is 0 Å². The van der Waals surface area contributed by atoms with E-state index in [1.165, 1.54) is 0 Å². The van der Waals surface area contributed by atoms with Gasteiger partial charge in [0.25, 0.3) is 0 Å². The highest BCUT2D eigenvalue weighted by Gasteiger charge is 2.39. The van der Waals surface area contributed by atoms with Crippen molar-refractivity contribution < 1.29 is 18.8 Å². The Morgan fingerprint density at radius 1 is 1.25 bits per heavy atom. The molecule has 1 heterocycles. The normalized spacial score (nSPS) is 22.8. The van der Waals surface area contributed by atoms with Crippen molar-refractivity contribution in [2.24, 2.45) is 5.92 Å². The fourth-order valence-corrected chi connectivity index (χ4v) is 3.24. The van der Waals surface area contributed by atoms with E-state index in [0.717, 1.165) is 0 Å². The van der Waals surface area contributed by atoms with Crippen molar-refractivity contribution >= 4 is 20.3 Å². The third-order valence-corrected chi connectivity index (χ3v) is 9.20. The molecule has 0 aliphatic carbocycles. The maximum Gasteiger partial charge on any atom is 0.407 e. The zero-order valence-electron chi connectivity index (χ0n) is 16.4. The molecule has 0 aromatic carbocycles. The molecule has 2 atom stereocenters. The number of nitrogens with one attached hydrogen (secondary N) is 2. The fourth-order valence-electron chi connectivity index (χ4n) is 2.18. The van der Waals surface area contributed by atoms with E-state index in [2.05, 4.69) is 44.5 Å². The molecular weight excluding hydrogens is 324 g/mol. The van der Waals surface area contributed by atoms with Gasteiger partial charge in [-0.25, -0.2) is 4.79 Å². The van der Waals surface area contributed by atoms with Crippen LogP contribution in [0.4, 0.5) is 4.79 Å². The number of piperidine rings is 1. The predicted octanol–water partition coefficient (Wildman–Crippen LogP) is 3.04. The molecule has 0 bridgehead atoms. The Bertz CT molecular complexity index is 466. The third kappa shape index (κ3) is 6.43. The van der Waals surface area contributed by atoms with Crippen LogP contribution in [-0.4, -0.2) is 45.1 Å². The SMILES string of the molecule is CC(C)(C)OC(=O)N[C@@H]1CNC(=O)CC1CO[Si](C)(C)C(C)(C)C. The number of hydrogen-bond donors (Lipinski definition) is 2. The molecule has 1 unspecified atom stereocenters. The largest absolute Gasteiger partial charge is 0.444 e. The average molecular weight is 359 g/mol. The molecular formula is C17H34N2O4Si. The lowest BCUT2D eigenvalue weighted by Gasteiger charge is -2.39. The molecule has 24 heavy (non-hydrogen) atoms. The van der Waals surface area contributed by atoms with Crippen LogP contribution in [0.2, 0.25) is 18.1 Å². The molecule has 0 spiro atoms. The highest BCUT2D eigenvalue weighted by molar-refractivity contribution is 6.74. The fraction of sp³-hybridized carbons (Fsp3) is 0.882. The smallest absolute Gasteiger partial charge is 0.407 e. The summed E-state index contributed by atoms with van der Waals surface area (Å²) in [7, 11) is -1.89. The van der Waals surface area contributed by atoms with Crippen molar-refractivity contribution in [2.45, 2.75) is 77.7 Å². The first-order chi connectivity index (χ1) is 10.7. The first-order valence-electron chi connectivity index (χ1n) is 8.61. The Morgan fingerprint density at radius 3 is 2.33 bits per heavy atom.